The zero-order chi connectivity index (χ0) is 13.8. The second-order valence-electron chi connectivity index (χ2n) is 4.57. The second-order valence-corrected chi connectivity index (χ2v) is 5.71. The summed E-state index contributed by atoms with van der Waals surface area (Å²) in [5.41, 5.74) is 0. The molecule has 1 aliphatic rings. The van der Waals surface area contributed by atoms with Crippen molar-refractivity contribution < 1.29 is 19.1 Å². The number of hydrogen-bond acceptors (Lipinski definition) is 4. The second kappa shape index (κ2) is 6.14. The number of aromatic carboxylic acids is 1. The lowest BCUT2D eigenvalue weighted by molar-refractivity contribution is 0.0650. The lowest BCUT2D eigenvalue weighted by Crippen LogP contribution is -2.35. The molecule has 1 aromatic heterocycles. The monoisotopic (exact) mass is 283 g/mol. The number of carboxylic acid groups (broad SMARTS) is 1. The van der Waals surface area contributed by atoms with Crippen LogP contribution < -0.4 is 0 Å². The summed E-state index contributed by atoms with van der Waals surface area (Å²) < 4.78 is 5.07. The Kier molecular flexibility index (Phi) is 4.52. The smallest absolute Gasteiger partial charge is 0.371 e. The molecule has 1 N–H and O–H groups in total. The molecule has 19 heavy (non-hydrogen) atoms. The minimum absolute atomic E-state index is 0.110. The molecule has 1 aromatic rings. The highest BCUT2D eigenvalue weighted by Gasteiger charge is 2.25. The van der Waals surface area contributed by atoms with Crippen LogP contribution in [0.25, 0.3) is 0 Å². The van der Waals surface area contributed by atoms with Gasteiger partial charge in [-0.1, -0.05) is 6.42 Å². The van der Waals surface area contributed by atoms with Crippen molar-refractivity contribution in [2.45, 2.75) is 24.5 Å². The number of furan rings is 1. The molecule has 0 aromatic carbocycles. The van der Waals surface area contributed by atoms with Gasteiger partial charge in [0.15, 0.2) is 5.76 Å². The van der Waals surface area contributed by atoms with Crippen LogP contribution >= 0.6 is 11.8 Å². The van der Waals surface area contributed by atoms with Gasteiger partial charge in [-0.25, -0.2) is 4.79 Å². The van der Waals surface area contributed by atoms with E-state index in [9.17, 15) is 9.59 Å². The van der Waals surface area contributed by atoms with Crippen molar-refractivity contribution in [1.29, 1.82) is 0 Å². The highest BCUT2D eigenvalue weighted by molar-refractivity contribution is 7.99. The van der Waals surface area contributed by atoms with Gasteiger partial charge in [0, 0.05) is 18.3 Å². The Morgan fingerprint density at radius 2 is 2.11 bits per heavy atom. The first-order valence-corrected chi connectivity index (χ1v) is 7.56. The third-order valence-corrected chi connectivity index (χ3v) is 4.33. The fourth-order valence-corrected chi connectivity index (χ4v) is 2.93. The SMILES string of the molecule is CSC1CCCCN(C(=O)c2ccc(C(=O)O)o2)C1. The first-order chi connectivity index (χ1) is 9.11. The molecular weight excluding hydrogens is 266 g/mol. The predicted octanol–water partition coefficient (Wildman–Crippen LogP) is 2.34. The average molecular weight is 283 g/mol. The Balaban J connectivity index is 2.10. The summed E-state index contributed by atoms with van der Waals surface area (Å²) in [7, 11) is 0. The molecule has 1 saturated heterocycles. The molecule has 0 radical (unpaired) electrons. The van der Waals surface area contributed by atoms with Crippen LogP contribution in [0, 0.1) is 0 Å². The summed E-state index contributed by atoms with van der Waals surface area (Å²) >= 11 is 1.77. The Labute approximate surface area is 116 Å². The van der Waals surface area contributed by atoms with E-state index in [1.165, 1.54) is 12.1 Å². The molecule has 0 bridgehead atoms. The van der Waals surface area contributed by atoms with Crippen LogP contribution in [0.1, 0.15) is 40.4 Å². The Bertz CT molecular complexity index is 471. The van der Waals surface area contributed by atoms with Gasteiger partial charge in [-0.15, -0.1) is 0 Å². The lowest BCUT2D eigenvalue weighted by atomic mass is 10.2. The Morgan fingerprint density at radius 1 is 1.37 bits per heavy atom. The van der Waals surface area contributed by atoms with Gasteiger partial charge < -0.3 is 14.4 Å². The van der Waals surface area contributed by atoms with Crippen LogP contribution in [0.4, 0.5) is 0 Å². The highest BCUT2D eigenvalue weighted by atomic mass is 32.2. The maximum atomic E-state index is 12.3. The van der Waals surface area contributed by atoms with Crippen LogP contribution in [-0.2, 0) is 0 Å². The normalized spacial score (nSPS) is 20.1. The number of nitrogens with zero attached hydrogens (tertiary/aromatic N) is 1. The summed E-state index contributed by atoms with van der Waals surface area (Å²) in [5, 5.41) is 9.24. The van der Waals surface area contributed by atoms with Gasteiger partial charge in [0.2, 0.25) is 5.76 Å². The standard InChI is InChI=1S/C13H17NO4S/c1-19-9-4-2-3-7-14(8-9)12(15)10-5-6-11(18-10)13(16)17/h5-6,9H,2-4,7-8H2,1H3,(H,16,17). The maximum absolute atomic E-state index is 12.3. The molecule has 104 valence electrons. The first-order valence-electron chi connectivity index (χ1n) is 6.27. The maximum Gasteiger partial charge on any atom is 0.371 e. The molecular formula is C13H17NO4S. The minimum atomic E-state index is -1.16. The summed E-state index contributed by atoms with van der Waals surface area (Å²) in [6.07, 6.45) is 5.26. The number of thioether (sulfide) groups is 1. The van der Waals surface area contributed by atoms with Crippen LogP contribution in [0.15, 0.2) is 16.5 Å². The van der Waals surface area contributed by atoms with E-state index in [1.807, 2.05) is 6.26 Å². The van der Waals surface area contributed by atoms with Gasteiger partial charge in [0.1, 0.15) is 0 Å². The first kappa shape index (κ1) is 14.0. The topological polar surface area (TPSA) is 70.8 Å². The van der Waals surface area contributed by atoms with Gasteiger partial charge in [-0.2, -0.15) is 11.8 Å². The van der Waals surface area contributed by atoms with Crippen LogP contribution in [-0.4, -0.2) is 46.5 Å². The number of rotatable bonds is 3. The van der Waals surface area contributed by atoms with Crippen LogP contribution in [0.5, 0.6) is 0 Å². The fraction of sp³-hybridized carbons (Fsp3) is 0.538. The summed E-state index contributed by atoms with van der Waals surface area (Å²) in [6.45, 7) is 1.40. The van der Waals surface area contributed by atoms with Gasteiger partial charge in [0.25, 0.3) is 5.91 Å². The van der Waals surface area contributed by atoms with E-state index >= 15 is 0 Å². The molecule has 0 saturated carbocycles. The minimum Gasteiger partial charge on any atom is -0.475 e. The lowest BCUT2D eigenvalue weighted by Gasteiger charge is -2.22. The molecule has 1 unspecified atom stereocenters. The zero-order valence-electron chi connectivity index (χ0n) is 10.8. The van der Waals surface area contributed by atoms with Crippen molar-refractivity contribution in [3.8, 4) is 0 Å². The third kappa shape index (κ3) is 3.32. The van der Waals surface area contributed by atoms with Crippen LogP contribution in [0.2, 0.25) is 0 Å². The number of carbonyl (C=O) groups excluding carboxylic acids is 1. The van der Waals surface area contributed by atoms with Gasteiger partial charge >= 0.3 is 5.97 Å². The van der Waals surface area contributed by atoms with E-state index in [4.69, 9.17) is 9.52 Å². The van der Waals surface area contributed by atoms with Gasteiger partial charge in [-0.05, 0) is 31.2 Å². The summed E-state index contributed by atoms with van der Waals surface area (Å²) in [4.78, 5) is 24.8. The van der Waals surface area contributed by atoms with Crippen molar-refractivity contribution in [3.05, 3.63) is 23.7 Å². The molecule has 1 atom stereocenters. The number of hydrogen-bond donors (Lipinski definition) is 1. The third-order valence-electron chi connectivity index (χ3n) is 3.28. The quantitative estimate of drug-likeness (QED) is 0.922. The van der Waals surface area contributed by atoms with Crippen molar-refractivity contribution in [2.75, 3.05) is 19.3 Å². The van der Waals surface area contributed by atoms with E-state index in [1.54, 1.807) is 16.7 Å². The molecule has 1 amide bonds. The Morgan fingerprint density at radius 3 is 2.74 bits per heavy atom. The highest BCUT2D eigenvalue weighted by Crippen LogP contribution is 2.22. The van der Waals surface area contributed by atoms with Crippen molar-refractivity contribution in [3.63, 3.8) is 0 Å². The van der Waals surface area contributed by atoms with E-state index in [0.717, 1.165) is 19.3 Å². The largest absolute Gasteiger partial charge is 0.475 e. The Hall–Kier alpha value is -1.43. The van der Waals surface area contributed by atoms with Gasteiger partial charge in [0.05, 0.1) is 0 Å². The van der Waals surface area contributed by atoms with E-state index in [-0.39, 0.29) is 17.4 Å². The predicted molar refractivity (Wildman–Crippen MR) is 72.7 cm³/mol. The molecule has 0 aliphatic carbocycles. The van der Waals surface area contributed by atoms with Gasteiger partial charge in [-0.3, -0.25) is 4.79 Å². The molecule has 2 heterocycles. The molecule has 6 heteroatoms. The fourth-order valence-electron chi connectivity index (χ4n) is 2.20. The van der Waals surface area contributed by atoms with Crippen LogP contribution in [0.3, 0.4) is 0 Å². The van der Waals surface area contributed by atoms with E-state index < -0.39 is 5.97 Å². The van der Waals surface area contributed by atoms with Crippen molar-refractivity contribution >= 4 is 23.6 Å². The summed E-state index contributed by atoms with van der Waals surface area (Å²) in [6, 6.07) is 2.75. The molecule has 5 nitrogen and oxygen atoms in total. The number of carbonyl (C=O) groups is 2. The number of carboxylic acids is 1. The number of amides is 1. The van der Waals surface area contributed by atoms with E-state index in [0.29, 0.717) is 18.3 Å². The van der Waals surface area contributed by atoms with Crippen molar-refractivity contribution in [2.24, 2.45) is 0 Å². The average Bonchev–Trinajstić information content (AvgIpc) is 2.77. The van der Waals surface area contributed by atoms with E-state index in [2.05, 4.69) is 0 Å². The molecule has 1 aliphatic heterocycles. The summed E-state index contributed by atoms with van der Waals surface area (Å²) in [5.74, 6) is -1.45. The zero-order valence-corrected chi connectivity index (χ0v) is 11.6. The van der Waals surface area contributed by atoms with Crippen molar-refractivity contribution in [1.82, 2.24) is 4.90 Å². The molecule has 2 rings (SSSR count). The molecule has 0 spiro atoms. The molecule has 1 fully saturated rings. The number of likely N-dealkylation sites (tertiary alicyclic amines) is 1.